The smallest absolute Gasteiger partial charge is 0.303 e. The van der Waals surface area contributed by atoms with Gasteiger partial charge in [0.2, 0.25) is 0 Å². The van der Waals surface area contributed by atoms with Crippen molar-refractivity contribution in [3.63, 3.8) is 0 Å². The minimum atomic E-state index is -0.805. The fourth-order valence-electron chi connectivity index (χ4n) is 0.842. The van der Waals surface area contributed by atoms with Crippen LogP contribution in [0.25, 0.3) is 0 Å². The molecule has 66 valence electrons. The van der Waals surface area contributed by atoms with E-state index in [1.165, 1.54) is 0 Å². The molecule has 0 aromatic carbocycles. The highest BCUT2D eigenvalue weighted by Crippen LogP contribution is 2.12. The summed E-state index contributed by atoms with van der Waals surface area (Å²) >= 11 is 3.23. The number of aromatic amines is 1. The molecule has 0 aliphatic heterocycles. The zero-order chi connectivity index (χ0) is 9.14. The second-order valence-corrected chi connectivity index (χ2v) is 3.24. The summed E-state index contributed by atoms with van der Waals surface area (Å²) in [7, 11) is 0. The molecule has 0 fully saturated rings. The molecular weight excluding hydrogens is 224 g/mol. The molecule has 1 aromatic heterocycles. The number of aliphatic carboxylic acids is 1. The summed E-state index contributed by atoms with van der Waals surface area (Å²) in [6, 6.07) is 0. The highest BCUT2D eigenvalue weighted by atomic mass is 79.9. The van der Waals surface area contributed by atoms with Gasteiger partial charge in [-0.3, -0.25) is 4.79 Å². The molecule has 0 saturated heterocycles. The van der Waals surface area contributed by atoms with Crippen molar-refractivity contribution in [2.45, 2.75) is 19.8 Å². The third-order valence-corrected chi connectivity index (χ3v) is 2.22. The number of halogens is 1. The maximum atomic E-state index is 10.2. The maximum absolute atomic E-state index is 10.2. The first-order valence-corrected chi connectivity index (χ1v) is 4.31. The highest BCUT2D eigenvalue weighted by molar-refractivity contribution is 9.10. The van der Waals surface area contributed by atoms with Crippen LogP contribution in [0.3, 0.4) is 0 Å². The molecule has 1 rings (SSSR count). The highest BCUT2D eigenvalue weighted by Gasteiger charge is 2.05. The molecule has 5 heteroatoms. The number of carboxylic acids is 1. The number of H-pyrrole nitrogens is 1. The van der Waals surface area contributed by atoms with Gasteiger partial charge in [0, 0.05) is 12.1 Å². The fourth-order valence-corrected chi connectivity index (χ4v) is 1.16. The predicted octanol–water partition coefficient (Wildman–Crippen LogP) is 1.50. The number of nitrogens with zero attached hydrogens (tertiary/aromatic N) is 1. The standard InChI is InChI=1S/C7H9BrN2O2/c1-4-7(8)10-5(9-4)2-3-6(11)12/h2-3H2,1H3,(H,9,10)(H,11,12). The van der Waals surface area contributed by atoms with Crippen LogP contribution in [0.1, 0.15) is 17.9 Å². The van der Waals surface area contributed by atoms with Gasteiger partial charge in [0.15, 0.2) is 0 Å². The Bertz CT molecular complexity index is 276. The molecule has 0 spiro atoms. The van der Waals surface area contributed by atoms with E-state index in [2.05, 4.69) is 25.9 Å². The summed E-state index contributed by atoms with van der Waals surface area (Å²) in [5.41, 5.74) is 0.926. The first-order chi connectivity index (χ1) is 5.59. The molecule has 1 aromatic rings. The summed E-state index contributed by atoms with van der Waals surface area (Å²) < 4.78 is 0.753. The molecule has 4 nitrogen and oxygen atoms in total. The van der Waals surface area contributed by atoms with Crippen molar-refractivity contribution in [3.05, 3.63) is 16.1 Å². The van der Waals surface area contributed by atoms with Crippen LogP contribution >= 0.6 is 15.9 Å². The number of rotatable bonds is 3. The van der Waals surface area contributed by atoms with E-state index in [4.69, 9.17) is 5.11 Å². The Labute approximate surface area is 78.1 Å². The summed E-state index contributed by atoms with van der Waals surface area (Å²) in [6.07, 6.45) is 0.557. The van der Waals surface area contributed by atoms with Crippen LogP contribution in [0.15, 0.2) is 4.60 Å². The summed E-state index contributed by atoms with van der Waals surface area (Å²) in [5.74, 6) is -0.0954. The van der Waals surface area contributed by atoms with Gasteiger partial charge in [-0.15, -0.1) is 0 Å². The molecule has 2 N–H and O–H groups in total. The molecule has 0 atom stereocenters. The van der Waals surface area contributed by atoms with Gasteiger partial charge in [0.25, 0.3) is 0 Å². The van der Waals surface area contributed by atoms with Gasteiger partial charge in [0.05, 0.1) is 6.42 Å². The minimum absolute atomic E-state index is 0.111. The second kappa shape index (κ2) is 3.71. The van der Waals surface area contributed by atoms with E-state index < -0.39 is 5.97 Å². The third-order valence-electron chi connectivity index (χ3n) is 1.45. The van der Waals surface area contributed by atoms with Crippen molar-refractivity contribution in [1.29, 1.82) is 0 Å². The SMILES string of the molecule is Cc1[nH]c(CCC(=O)O)nc1Br. The molecule has 1 heterocycles. The van der Waals surface area contributed by atoms with Crippen molar-refractivity contribution in [3.8, 4) is 0 Å². The zero-order valence-electron chi connectivity index (χ0n) is 6.59. The van der Waals surface area contributed by atoms with E-state index in [0.29, 0.717) is 12.2 Å². The number of nitrogens with one attached hydrogen (secondary N) is 1. The lowest BCUT2D eigenvalue weighted by Gasteiger charge is -1.90. The number of aryl methyl sites for hydroxylation is 2. The van der Waals surface area contributed by atoms with Gasteiger partial charge in [-0.25, -0.2) is 4.98 Å². The average molecular weight is 233 g/mol. The number of imidazole rings is 1. The van der Waals surface area contributed by atoms with Crippen LogP contribution in [0.2, 0.25) is 0 Å². The van der Waals surface area contributed by atoms with Gasteiger partial charge < -0.3 is 10.1 Å². The maximum Gasteiger partial charge on any atom is 0.303 e. The average Bonchev–Trinajstić information content (AvgIpc) is 2.28. The molecular formula is C7H9BrN2O2. The normalized spacial score (nSPS) is 10.2. The Hall–Kier alpha value is -0.840. The van der Waals surface area contributed by atoms with Crippen LogP contribution in [0.5, 0.6) is 0 Å². The van der Waals surface area contributed by atoms with E-state index >= 15 is 0 Å². The van der Waals surface area contributed by atoms with Crippen molar-refractivity contribution in [1.82, 2.24) is 9.97 Å². The zero-order valence-corrected chi connectivity index (χ0v) is 8.18. The number of hydrogen-bond acceptors (Lipinski definition) is 2. The van der Waals surface area contributed by atoms with Crippen molar-refractivity contribution >= 4 is 21.9 Å². The Kier molecular flexibility index (Phi) is 2.86. The van der Waals surface area contributed by atoms with E-state index in [9.17, 15) is 4.79 Å². The molecule has 0 saturated carbocycles. The lowest BCUT2D eigenvalue weighted by Crippen LogP contribution is -1.98. The summed E-state index contributed by atoms with van der Waals surface area (Å²) in [5, 5.41) is 8.40. The third kappa shape index (κ3) is 2.34. The number of aromatic nitrogens is 2. The largest absolute Gasteiger partial charge is 0.481 e. The lowest BCUT2D eigenvalue weighted by molar-refractivity contribution is -0.137. The summed E-state index contributed by atoms with van der Waals surface area (Å²) in [6.45, 7) is 1.88. The number of hydrogen-bond donors (Lipinski definition) is 2. The van der Waals surface area contributed by atoms with Gasteiger partial charge >= 0.3 is 5.97 Å². The Morgan fingerprint density at radius 3 is 2.83 bits per heavy atom. The van der Waals surface area contributed by atoms with E-state index in [1.54, 1.807) is 0 Å². The molecule has 0 aliphatic carbocycles. The van der Waals surface area contributed by atoms with Crippen LogP contribution < -0.4 is 0 Å². The minimum Gasteiger partial charge on any atom is -0.481 e. The van der Waals surface area contributed by atoms with Crippen LogP contribution in [0.4, 0.5) is 0 Å². The number of carboxylic acid groups (broad SMARTS) is 1. The van der Waals surface area contributed by atoms with Crippen LogP contribution in [0, 0.1) is 6.92 Å². The van der Waals surface area contributed by atoms with E-state index in [0.717, 1.165) is 10.3 Å². The molecule has 0 radical (unpaired) electrons. The first kappa shape index (κ1) is 9.25. The van der Waals surface area contributed by atoms with Gasteiger partial charge in [-0.05, 0) is 22.9 Å². The lowest BCUT2D eigenvalue weighted by atomic mass is 10.3. The molecule has 0 amide bonds. The Morgan fingerprint density at radius 1 is 1.75 bits per heavy atom. The quantitative estimate of drug-likeness (QED) is 0.831. The first-order valence-electron chi connectivity index (χ1n) is 3.52. The van der Waals surface area contributed by atoms with E-state index in [-0.39, 0.29) is 6.42 Å². The Morgan fingerprint density at radius 2 is 2.42 bits per heavy atom. The van der Waals surface area contributed by atoms with Gasteiger partial charge in [-0.2, -0.15) is 0 Å². The number of carbonyl (C=O) groups is 1. The molecule has 0 aliphatic rings. The predicted molar refractivity (Wildman–Crippen MR) is 47.0 cm³/mol. The van der Waals surface area contributed by atoms with Crippen molar-refractivity contribution in [2.24, 2.45) is 0 Å². The van der Waals surface area contributed by atoms with Crippen molar-refractivity contribution < 1.29 is 9.90 Å². The van der Waals surface area contributed by atoms with Gasteiger partial charge in [0.1, 0.15) is 10.4 Å². The molecule has 0 bridgehead atoms. The summed E-state index contributed by atoms with van der Waals surface area (Å²) in [4.78, 5) is 17.3. The topological polar surface area (TPSA) is 66.0 Å². The van der Waals surface area contributed by atoms with Gasteiger partial charge in [-0.1, -0.05) is 0 Å². The molecule has 0 unspecified atom stereocenters. The monoisotopic (exact) mass is 232 g/mol. The van der Waals surface area contributed by atoms with Crippen LogP contribution in [-0.4, -0.2) is 21.0 Å². The van der Waals surface area contributed by atoms with Crippen LogP contribution in [-0.2, 0) is 11.2 Å². The Balaban J connectivity index is 2.58. The fraction of sp³-hybridized carbons (Fsp3) is 0.429. The molecule has 12 heavy (non-hydrogen) atoms. The van der Waals surface area contributed by atoms with Crippen molar-refractivity contribution in [2.75, 3.05) is 0 Å². The second-order valence-electron chi connectivity index (χ2n) is 2.49. The van der Waals surface area contributed by atoms with E-state index in [1.807, 2.05) is 6.92 Å².